The molecule has 1 aromatic heterocycles. The smallest absolute Gasteiger partial charge is 0.341 e. The molecule has 2 atom stereocenters. The zero-order valence-corrected chi connectivity index (χ0v) is 24.1. The maximum absolute atomic E-state index is 13.2. The van der Waals surface area contributed by atoms with E-state index >= 15 is 0 Å². The van der Waals surface area contributed by atoms with Gasteiger partial charge >= 0.3 is 11.9 Å². The van der Waals surface area contributed by atoms with Gasteiger partial charge in [0.1, 0.15) is 23.6 Å². The number of aromatic nitrogens is 2. The number of carbonyl (C=O) groups is 5. The molecule has 1 aliphatic heterocycles. The topological polar surface area (TPSA) is 174 Å². The molecule has 3 N–H and O–H groups in total. The average molecular weight is 629 g/mol. The van der Waals surface area contributed by atoms with Gasteiger partial charge in [0.15, 0.2) is 12.4 Å². The number of carboxylic acid groups (broad SMARTS) is 1. The highest BCUT2D eigenvalue weighted by atomic mass is 35.5. The van der Waals surface area contributed by atoms with E-state index in [1.807, 2.05) is 30.3 Å². The van der Waals surface area contributed by atoms with Crippen LogP contribution in [0.3, 0.4) is 0 Å². The SMILES string of the molecule is O=C(O)CC(NC(=O)C1CCc2ncc(NC(=O)CCc3ccccc3)c(=O)n21)C(=O)COC(=O)c1c(Cl)cccc1Cl. The van der Waals surface area contributed by atoms with Crippen LogP contribution in [0.1, 0.15) is 47.1 Å². The monoisotopic (exact) mass is 628 g/mol. The number of rotatable bonds is 12. The summed E-state index contributed by atoms with van der Waals surface area (Å²) in [6, 6.07) is 10.9. The fraction of sp³-hybridized carbons (Fsp3) is 0.276. The van der Waals surface area contributed by atoms with Crippen molar-refractivity contribution in [2.24, 2.45) is 0 Å². The second-order valence-corrected chi connectivity index (χ2v) is 10.5. The number of carbonyl (C=O) groups excluding carboxylic acids is 4. The van der Waals surface area contributed by atoms with Crippen molar-refractivity contribution in [3.63, 3.8) is 0 Å². The van der Waals surface area contributed by atoms with Crippen LogP contribution >= 0.6 is 23.2 Å². The molecular formula is C29H26Cl2N4O8. The van der Waals surface area contributed by atoms with Crippen LogP contribution in [0.5, 0.6) is 0 Å². The van der Waals surface area contributed by atoms with Gasteiger partial charge in [-0.05, 0) is 30.5 Å². The summed E-state index contributed by atoms with van der Waals surface area (Å²) in [5.74, 6) is -4.25. The largest absolute Gasteiger partial charge is 0.481 e. The normalized spacial score (nSPS) is 14.3. The quantitative estimate of drug-likeness (QED) is 0.255. The maximum Gasteiger partial charge on any atom is 0.341 e. The molecule has 4 rings (SSSR count). The number of esters is 1. The Kier molecular flexibility index (Phi) is 10.3. The van der Waals surface area contributed by atoms with E-state index in [0.717, 1.165) is 10.1 Å². The highest BCUT2D eigenvalue weighted by molar-refractivity contribution is 6.39. The Morgan fingerprint density at radius 1 is 1.05 bits per heavy atom. The first-order valence-electron chi connectivity index (χ1n) is 13.1. The predicted octanol–water partition coefficient (Wildman–Crippen LogP) is 2.99. The van der Waals surface area contributed by atoms with Crippen LogP contribution < -0.4 is 16.2 Å². The summed E-state index contributed by atoms with van der Waals surface area (Å²) in [5, 5.41) is 14.2. The zero-order valence-electron chi connectivity index (χ0n) is 22.5. The molecule has 0 aliphatic carbocycles. The van der Waals surface area contributed by atoms with Gasteiger partial charge in [0.05, 0.1) is 28.2 Å². The molecule has 2 unspecified atom stereocenters. The molecule has 0 saturated carbocycles. The first-order valence-corrected chi connectivity index (χ1v) is 13.9. The molecule has 2 aromatic carbocycles. The van der Waals surface area contributed by atoms with Crippen molar-refractivity contribution in [2.75, 3.05) is 11.9 Å². The molecule has 12 nitrogen and oxygen atoms in total. The fourth-order valence-corrected chi connectivity index (χ4v) is 5.10. The Bertz CT molecular complexity index is 1610. The number of ether oxygens (including phenoxy) is 1. The number of hydrogen-bond acceptors (Lipinski definition) is 8. The number of aryl methyl sites for hydroxylation is 2. The molecule has 2 amide bonds. The van der Waals surface area contributed by atoms with Crippen molar-refractivity contribution in [1.29, 1.82) is 0 Å². The minimum absolute atomic E-state index is 0.00830. The van der Waals surface area contributed by atoms with E-state index in [-0.39, 0.29) is 40.6 Å². The van der Waals surface area contributed by atoms with Gasteiger partial charge in [0, 0.05) is 12.8 Å². The number of amides is 2. The summed E-state index contributed by atoms with van der Waals surface area (Å²) in [6.45, 7) is -0.874. The first kappa shape index (κ1) is 31.4. The molecule has 224 valence electrons. The van der Waals surface area contributed by atoms with Gasteiger partial charge in [-0.1, -0.05) is 59.6 Å². The number of nitrogens with one attached hydrogen (secondary N) is 2. The number of carboxylic acids is 1. The molecule has 0 radical (unpaired) electrons. The van der Waals surface area contributed by atoms with E-state index in [9.17, 15) is 33.9 Å². The summed E-state index contributed by atoms with van der Waals surface area (Å²) in [4.78, 5) is 79.9. The summed E-state index contributed by atoms with van der Waals surface area (Å²) in [5.41, 5.74) is -0.00637. The van der Waals surface area contributed by atoms with Crippen LogP contribution in [0, 0.1) is 0 Å². The van der Waals surface area contributed by atoms with Crippen molar-refractivity contribution in [3.05, 3.63) is 92.1 Å². The van der Waals surface area contributed by atoms with Gasteiger partial charge in [0.2, 0.25) is 11.8 Å². The lowest BCUT2D eigenvalue weighted by atomic mass is 10.1. The van der Waals surface area contributed by atoms with E-state index in [1.165, 1.54) is 24.4 Å². The minimum atomic E-state index is -1.58. The summed E-state index contributed by atoms with van der Waals surface area (Å²) < 4.78 is 6.11. The van der Waals surface area contributed by atoms with Crippen LogP contribution in [0.2, 0.25) is 10.0 Å². The van der Waals surface area contributed by atoms with Crippen molar-refractivity contribution < 1.29 is 33.8 Å². The molecule has 0 saturated heterocycles. The lowest BCUT2D eigenvalue weighted by Crippen LogP contribution is -2.47. The number of halogens is 2. The maximum atomic E-state index is 13.2. The lowest BCUT2D eigenvalue weighted by molar-refractivity contribution is -0.141. The second kappa shape index (κ2) is 14.1. The van der Waals surface area contributed by atoms with Gasteiger partial charge < -0.3 is 20.5 Å². The molecule has 0 spiro atoms. The Morgan fingerprint density at radius 3 is 2.42 bits per heavy atom. The Morgan fingerprint density at radius 2 is 1.74 bits per heavy atom. The molecule has 2 heterocycles. The lowest BCUT2D eigenvalue weighted by Gasteiger charge is -2.20. The Hall–Kier alpha value is -4.55. The Balaban J connectivity index is 1.43. The van der Waals surface area contributed by atoms with Gasteiger partial charge in [-0.15, -0.1) is 0 Å². The average Bonchev–Trinajstić information content (AvgIpc) is 3.41. The number of hydrogen-bond donors (Lipinski definition) is 3. The number of aliphatic carboxylic acids is 1. The third kappa shape index (κ3) is 7.85. The fourth-order valence-electron chi connectivity index (χ4n) is 4.54. The highest BCUT2D eigenvalue weighted by Gasteiger charge is 2.34. The van der Waals surface area contributed by atoms with E-state index < -0.39 is 60.2 Å². The van der Waals surface area contributed by atoms with Crippen LogP contribution in [0.4, 0.5) is 5.69 Å². The van der Waals surface area contributed by atoms with Crippen LogP contribution in [0.25, 0.3) is 0 Å². The number of anilines is 1. The summed E-state index contributed by atoms with van der Waals surface area (Å²) in [6.07, 6.45) is 1.39. The number of fused-ring (bicyclic) bond motifs is 1. The van der Waals surface area contributed by atoms with Gasteiger partial charge in [-0.2, -0.15) is 0 Å². The number of benzene rings is 2. The number of Topliss-reactive ketones (excluding diaryl/α,β-unsaturated/α-hetero) is 1. The van der Waals surface area contributed by atoms with E-state index in [4.69, 9.17) is 27.9 Å². The summed E-state index contributed by atoms with van der Waals surface area (Å²) >= 11 is 12.0. The molecule has 14 heteroatoms. The Labute approximate surface area is 255 Å². The third-order valence-corrected chi connectivity index (χ3v) is 7.31. The molecule has 3 aromatic rings. The molecule has 0 fully saturated rings. The molecule has 43 heavy (non-hydrogen) atoms. The van der Waals surface area contributed by atoms with Crippen LogP contribution in [-0.4, -0.2) is 56.8 Å². The molecule has 1 aliphatic rings. The van der Waals surface area contributed by atoms with Gasteiger partial charge in [0.25, 0.3) is 5.56 Å². The van der Waals surface area contributed by atoms with Crippen molar-refractivity contribution in [1.82, 2.24) is 14.9 Å². The van der Waals surface area contributed by atoms with Crippen LogP contribution in [0.15, 0.2) is 59.5 Å². The minimum Gasteiger partial charge on any atom is -0.481 e. The first-order chi connectivity index (χ1) is 20.5. The van der Waals surface area contributed by atoms with Crippen molar-refractivity contribution in [2.45, 2.75) is 44.2 Å². The number of nitrogens with zero attached hydrogens (tertiary/aromatic N) is 2. The van der Waals surface area contributed by atoms with Gasteiger partial charge in [-0.25, -0.2) is 9.78 Å². The molecule has 0 bridgehead atoms. The van der Waals surface area contributed by atoms with Crippen molar-refractivity contribution >= 4 is 58.4 Å². The number of ketones is 1. The van der Waals surface area contributed by atoms with Crippen molar-refractivity contribution in [3.8, 4) is 0 Å². The predicted molar refractivity (Wildman–Crippen MR) is 155 cm³/mol. The summed E-state index contributed by atoms with van der Waals surface area (Å²) in [7, 11) is 0. The second-order valence-electron chi connectivity index (χ2n) is 9.65. The van der Waals surface area contributed by atoms with Gasteiger partial charge in [-0.3, -0.25) is 28.5 Å². The highest BCUT2D eigenvalue weighted by Crippen LogP contribution is 2.26. The van der Waals surface area contributed by atoms with Crippen LogP contribution in [-0.2, 0) is 36.8 Å². The third-order valence-electron chi connectivity index (χ3n) is 6.68. The van der Waals surface area contributed by atoms with E-state index in [0.29, 0.717) is 12.2 Å². The van der Waals surface area contributed by atoms with E-state index in [2.05, 4.69) is 15.6 Å². The molecular weight excluding hydrogens is 603 g/mol. The zero-order chi connectivity index (χ0) is 31.1. The van der Waals surface area contributed by atoms with E-state index in [1.54, 1.807) is 0 Å². The standard InChI is InChI=1S/C29H26Cl2N4O8/c30-17-7-4-8-18(31)26(17)29(42)43-15-22(36)19(13-25(38)39)34-27(40)21-10-11-23-32-14-20(28(41)35(21)23)33-24(37)12-9-16-5-2-1-3-6-16/h1-8,14,19,21H,9-13,15H2,(H,33,37)(H,34,40)(H,38,39).